The van der Waals surface area contributed by atoms with E-state index in [-0.39, 0.29) is 29.9 Å². The van der Waals surface area contributed by atoms with Gasteiger partial charge in [-0.2, -0.15) is 0 Å². The first-order chi connectivity index (χ1) is 17.4. The van der Waals surface area contributed by atoms with Gasteiger partial charge in [-0.3, -0.25) is 9.59 Å². The van der Waals surface area contributed by atoms with Crippen LogP contribution in [0, 0.1) is 5.82 Å². The van der Waals surface area contributed by atoms with Gasteiger partial charge in [0.05, 0.1) is 15.8 Å². The predicted molar refractivity (Wildman–Crippen MR) is 147 cm³/mol. The summed E-state index contributed by atoms with van der Waals surface area (Å²) >= 11 is 13.8. The van der Waals surface area contributed by atoms with Crippen LogP contribution in [0.4, 0.5) is 4.39 Å². The lowest BCUT2D eigenvalue weighted by Crippen LogP contribution is -2.51. The lowest BCUT2D eigenvalue weighted by molar-refractivity contribution is -0.139. The van der Waals surface area contributed by atoms with Gasteiger partial charge >= 0.3 is 0 Å². The Kier molecular flexibility index (Phi) is 11.1. The summed E-state index contributed by atoms with van der Waals surface area (Å²) in [6, 6.07) is 20.4. The lowest BCUT2D eigenvalue weighted by Gasteiger charge is -2.31. The van der Waals surface area contributed by atoms with Crippen molar-refractivity contribution in [1.82, 2.24) is 10.2 Å². The van der Waals surface area contributed by atoms with Gasteiger partial charge in [-0.25, -0.2) is 4.39 Å². The molecule has 190 valence electrons. The molecular formula is C28H29Cl2FN2O2S. The first-order valence-corrected chi connectivity index (χ1v) is 13.7. The quantitative estimate of drug-likeness (QED) is 0.281. The van der Waals surface area contributed by atoms with Crippen LogP contribution < -0.4 is 5.32 Å². The zero-order valence-electron chi connectivity index (χ0n) is 20.1. The summed E-state index contributed by atoms with van der Waals surface area (Å²) in [5, 5.41) is 3.78. The highest BCUT2D eigenvalue weighted by Crippen LogP contribution is 2.25. The highest BCUT2D eigenvalue weighted by Gasteiger charge is 2.30. The first-order valence-electron chi connectivity index (χ1n) is 11.7. The molecule has 0 saturated carbocycles. The average molecular weight is 548 g/mol. The third-order valence-electron chi connectivity index (χ3n) is 5.56. The third kappa shape index (κ3) is 8.54. The van der Waals surface area contributed by atoms with Crippen LogP contribution in [0.2, 0.25) is 10.0 Å². The number of rotatable bonds is 12. The van der Waals surface area contributed by atoms with Crippen molar-refractivity contribution in [3.05, 3.63) is 105 Å². The number of carbonyl (C=O) groups is 2. The van der Waals surface area contributed by atoms with Crippen molar-refractivity contribution in [3.63, 3.8) is 0 Å². The van der Waals surface area contributed by atoms with Crippen LogP contribution >= 0.6 is 35.0 Å². The van der Waals surface area contributed by atoms with E-state index in [1.165, 1.54) is 23.9 Å². The van der Waals surface area contributed by atoms with E-state index >= 15 is 0 Å². The number of amides is 2. The Morgan fingerprint density at radius 2 is 1.64 bits per heavy atom. The number of thioether (sulfide) groups is 1. The molecule has 1 N–H and O–H groups in total. The minimum atomic E-state index is -0.702. The first kappa shape index (κ1) is 28.0. The average Bonchev–Trinajstić information content (AvgIpc) is 2.88. The normalized spacial score (nSPS) is 11.7. The van der Waals surface area contributed by atoms with Crippen molar-refractivity contribution in [2.75, 3.05) is 12.3 Å². The Bertz CT molecular complexity index is 1150. The largest absolute Gasteiger partial charge is 0.354 e. The van der Waals surface area contributed by atoms with Crippen molar-refractivity contribution in [2.24, 2.45) is 0 Å². The molecule has 0 aliphatic carbocycles. The molecule has 8 heteroatoms. The molecule has 0 bridgehead atoms. The van der Waals surface area contributed by atoms with E-state index < -0.39 is 6.04 Å². The minimum Gasteiger partial charge on any atom is -0.354 e. The monoisotopic (exact) mass is 546 g/mol. The second-order valence-electron chi connectivity index (χ2n) is 8.39. The zero-order chi connectivity index (χ0) is 25.9. The molecule has 3 aromatic carbocycles. The highest BCUT2D eigenvalue weighted by atomic mass is 35.5. The fourth-order valence-electron chi connectivity index (χ4n) is 3.67. The molecule has 0 aliphatic heterocycles. The molecule has 0 fully saturated rings. The molecule has 36 heavy (non-hydrogen) atoms. The zero-order valence-corrected chi connectivity index (χ0v) is 22.4. The van der Waals surface area contributed by atoms with Gasteiger partial charge in [-0.05, 0) is 47.4 Å². The van der Waals surface area contributed by atoms with Crippen molar-refractivity contribution in [2.45, 2.75) is 38.1 Å². The summed E-state index contributed by atoms with van der Waals surface area (Å²) in [6.45, 7) is 2.72. The fourth-order valence-corrected chi connectivity index (χ4v) is 4.87. The van der Waals surface area contributed by atoms with E-state index in [2.05, 4.69) is 5.32 Å². The molecular weight excluding hydrogens is 518 g/mol. The second-order valence-corrected chi connectivity index (χ2v) is 10.2. The number of hydrogen-bond donors (Lipinski definition) is 1. The molecule has 4 nitrogen and oxygen atoms in total. The molecule has 0 heterocycles. The maximum atomic E-state index is 13.6. The van der Waals surface area contributed by atoms with Crippen LogP contribution in [0.1, 0.15) is 30.0 Å². The van der Waals surface area contributed by atoms with Crippen LogP contribution in [0.5, 0.6) is 0 Å². The molecule has 0 spiro atoms. The van der Waals surface area contributed by atoms with Crippen LogP contribution in [-0.2, 0) is 28.3 Å². The standard InChI is InChI=1S/C28H29Cl2FN2O2S/c1-2-14-32-28(35)26(16-20-6-4-3-5-7-20)33(17-22-10-13-24(29)25(30)15-22)27(34)19-36-18-21-8-11-23(31)12-9-21/h3-13,15,26H,2,14,16-19H2,1H3,(H,32,35). The Balaban J connectivity index is 1.84. The van der Waals surface area contributed by atoms with Crippen molar-refractivity contribution >= 4 is 46.8 Å². The molecule has 1 atom stereocenters. The molecule has 3 rings (SSSR count). The van der Waals surface area contributed by atoms with Gasteiger partial charge in [-0.15, -0.1) is 11.8 Å². The van der Waals surface area contributed by atoms with Crippen LogP contribution in [0.25, 0.3) is 0 Å². The van der Waals surface area contributed by atoms with E-state index in [4.69, 9.17) is 23.2 Å². The van der Waals surface area contributed by atoms with Crippen LogP contribution in [0.3, 0.4) is 0 Å². The summed E-state index contributed by atoms with van der Waals surface area (Å²) in [7, 11) is 0. The Morgan fingerprint density at radius 1 is 0.944 bits per heavy atom. The smallest absolute Gasteiger partial charge is 0.243 e. The Morgan fingerprint density at radius 3 is 2.31 bits per heavy atom. The van der Waals surface area contributed by atoms with Crippen LogP contribution in [0.15, 0.2) is 72.8 Å². The van der Waals surface area contributed by atoms with Gasteiger partial charge in [0.25, 0.3) is 0 Å². The Hall–Kier alpha value is -2.54. The third-order valence-corrected chi connectivity index (χ3v) is 7.29. The lowest BCUT2D eigenvalue weighted by atomic mass is 10.0. The summed E-state index contributed by atoms with van der Waals surface area (Å²) < 4.78 is 13.2. The maximum Gasteiger partial charge on any atom is 0.243 e. The van der Waals surface area contributed by atoms with Gasteiger partial charge in [0.15, 0.2) is 0 Å². The molecule has 0 aromatic heterocycles. The van der Waals surface area contributed by atoms with Gasteiger partial charge in [0, 0.05) is 25.3 Å². The van der Waals surface area contributed by atoms with E-state index in [0.717, 1.165) is 23.1 Å². The summed E-state index contributed by atoms with van der Waals surface area (Å²) in [4.78, 5) is 28.5. The number of benzene rings is 3. The molecule has 2 amide bonds. The number of nitrogens with zero attached hydrogens (tertiary/aromatic N) is 1. The van der Waals surface area contributed by atoms with Gasteiger partial charge in [-0.1, -0.05) is 78.7 Å². The Labute approximate surface area is 226 Å². The summed E-state index contributed by atoms with van der Waals surface area (Å²) in [5.74, 6) is 0.0659. The van der Waals surface area contributed by atoms with E-state index in [1.54, 1.807) is 29.2 Å². The molecule has 0 aliphatic rings. The van der Waals surface area contributed by atoms with E-state index in [9.17, 15) is 14.0 Å². The van der Waals surface area contributed by atoms with E-state index in [0.29, 0.717) is 28.8 Å². The van der Waals surface area contributed by atoms with Crippen molar-refractivity contribution in [3.8, 4) is 0 Å². The molecule has 3 aromatic rings. The predicted octanol–water partition coefficient (Wildman–Crippen LogP) is 6.53. The molecule has 0 radical (unpaired) electrons. The summed E-state index contributed by atoms with van der Waals surface area (Å²) in [5.41, 5.74) is 2.66. The fraction of sp³-hybridized carbons (Fsp3) is 0.286. The maximum absolute atomic E-state index is 13.6. The number of halogens is 3. The second kappa shape index (κ2) is 14.3. The SMILES string of the molecule is CCCNC(=O)C(Cc1ccccc1)N(Cc1ccc(Cl)c(Cl)c1)C(=O)CSCc1ccc(F)cc1. The number of nitrogens with one attached hydrogen (secondary N) is 1. The van der Waals surface area contributed by atoms with Crippen LogP contribution in [-0.4, -0.2) is 35.1 Å². The minimum absolute atomic E-state index is 0.166. The van der Waals surface area contributed by atoms with Gasteiger partial charge in [0.2, 0.25) is 11.8 Å². The van der Waals surface area contributed by atoms with Gasteiger partial charge in [0.1, 0.15) is 11.9 Å². The molecule has 1 unspecified atom stereocenters. The van der Waals surface area contributed by atoms with E-state index in [1.807, 2.05) is 43.3 Å². The topological polar surface area (TPSA) is 49.4 Å². The van der Waals surface area contributed by atoms with Crippen molar-refractivity contribution in [1.29, 1.82) is 0 Å². The van der Waals surface area contributed by atoms with Crippen molar-refractivity contribution < 1.29 is 14.0 Å². The van der Waals surface area contributed by atoms with Gasteiger partial charge < -0.3 is 10.2 Å². The number of hydrogen-bond acceptors (Lipinski definition) is 3. The summed E-state index contributed by atoms with van der Waals surface area (Å²) in [6.07, 6.45) is 1.17. The highest BCUT2D eigenvalue weighted by molar-refractivity contribution is 7.99. The molecule has 0 saturated heterocycles. The number of carbonyl (C=O) groups excluding carboxylic acids is 2.